The molecule has 0 saturated heterocycles. The number of aromatic amines is 1. The molecule has 0 aliphatic carbocycles. The third-order valence-corrected chi connectivity index (χ3v) is 8.00. The number of amides is 4. The van der Waals surface area contributed by atoms with E-state index in [-0.39, 0.29) is 54.1 Å². The number of carbonyl (C=O) groups is 4. The molecular formula is C32H43N7O6. The van der Waals surface area contributed by atoms with Crippen molar-refractivity contribution in [3.63, 3.8) is 0 Å². The zero-order valence-electron chi connectivity index (χ0n) is 26.2. The van der Waals surface area contributed by atoms with Crippen molar-refractivity contribution in [3.05, 3.63) is 58.1 Å². The van der Waals surface area contributed by atoms with E-state index in [9.17, 15) is 24.0 Å². The first kappa shape index (κ1) is 33.2. The molecule has 0 saturated carbocycles. The predicted octanol–water partition coefficient (Wildman–Crippen LogP) is 2.22. The Hall–Kier alpha value is -4.68. The molecule has 242 valence electrons. The second-order valence-corrected chi connectivity index (χ2v) is 11.2. The van der Waals surface area contributed by atoms with E-state index in [1.54, 1.807) is 46.0 Å². The third-order valence-electron chi connectivity index (χ3n) is 8.00. The van der Waals surface area contributed by atoms with Gasteiger partial charge in [-0.3, -0.25) is 23.7 Å². The van der Waals surface area contributed by atoms with Crippen LogP contribution in [-0.4, -0.2) is 81.9 Å². The largest absolute Gasteiger partial charge is 0.477 e. The molecule has 3 heterocycles. The van der Waals surface area contributed by atoms with Crippen LogP contribution in [0.25, 0.3) is 11.0 Å². The van der Waals surface area contributed by atoms with Gasteiger partial charge in [0.15, 0.2) is 0 Å². The minimum absolute atomic E-state index is 0.101. The second-order valence-electron chi connectivity index (χ2n) is 11.2. The molecule has 1 aliphatic heterocycles. The van der Waals surface area contributed by atoms with Crippen molar-refractivity contribution in [1.29, 1.82) is 0 Å². The summed E-state index contributed by atoms with van der Waals surface area (Å²) in [5.74, 6) is -1.02. The monoisotopic (exact) mass is 621 g/mol. The minimum atomic E-state index is -0.714. The van der Waals surface area contributed by atoms with Gasteiger partial charge in [0, 0.05) is 50.9 Å². The smallest absolute Gasteiger partial charge is 0.326 e. The summed E-state index contributed by atoms with van der Waals surface area (Å²) in [5.41, 5.74) is 1.61. The number of aromatic nitrogens is 3. The highest BCUT2D eigenvalue weighted by atomic mass is 16.5. The number of ether oxygens (including phenoxy) is 1. The molecule has 1 aliphatic rings. The highest BCUT2D eigenvalue weighted by Crippen LogP contribution is 2.18. The summed E-state index contributed by atoms with van der Waals surface area (Å²) >= 11 is 0. The van der Waals surface area contributed by atoms with Crippen molar-refractivity contribution in [2.45, 2.75) is 65.5 Å². The van der Waals surface area contributed by atoms with Crippen LogP contribution in [0.15, 0.2) is 41.3 Å². The topological polar surface area (TPSA) is 168 Å². The molecule has 0 radical (unpaired) electrons. The van der Waals surface area contributed by atoms with Gasteiger partial charge in [-0.15, -0.1) is 0 Å². The quantitative estimate of drug-likeness (QED) is 0.339. The number of hydrogen-bond acceptors (Lipinski definition) is 7. The van der Waals surface area contributed by atoms with Crippen molar-refractivity contribution in [3.8, 4) is 5.88 Å². The first-order chi connectivity index (χ1) is 21.7. The number of fused-ring (bicyclic) bond motifs is 1. The van der Waals surface area contributed by atoms with Gasteiger partial charge in [-0.05, 0) is 62.4 Å². The highest BCUT2D eigenvalue weighted by Gasteiger charge is 2.26. The van der Waals surface area contributed by atoms with Crippen molar-refractivity contribution in [2.24, 2.45) is 5.92 Å². The van der Waals surface area contributed by atoms with Crippen LogP contribution in [0.1, 0.15) is 73.6 Å². The number of hydrogen-bond donors (Lipinski definition) is 4. The number of H-pyrrole nitrogens is 1. The summed E-state index contributed by atoms with van der Waals surface area (Å²) in [7, 11) is 0. The standard InChI is InChI=1S/C32H43N7O6/c1-4-21(3)27-29(42)34-16-9-19-39-25-20-22(12-13-24(25)36-32(39)44)28(41)33-15-8-18-38(17-7-11-26(40)37-27)31(43)23-10-6-14-35-30(23)45-5-2/h6,10,12-14,20-21,27H,4-5,7-9,11,15-19H2,1-3H3,(H,33,41)(H,34,42)(H,36,44)(H,37,40)/t21-,27-/m0/s1. The molecule has 2 bridgehead atoms. The van der Waals surface area contributed by atoms with Crippen molar-refractivity contribution < 1.29 is 23.9 Å². The van der Waals surface area contributed by atoms with Crippen LogP contribution in [-0.2, 0) is 16.1 Å². The molecule has 2 atom stereocenters. The normalized spacial score (nSPS) is 18.4. The molecule has 3 aromatic rings. The van der Waals surface area contributed by atoms with Crippen LogP contribution in [0.5, 0.6) is 5.88 Å². The average molecular weight is 622 g/mol. The lowest BCUT2D eigenvalue weighted by molar-refractivity contribution is -0.130. The maximum atomic E-state index is 13.6. The van der Waals surface area contributed by atoms with Crippen LogP contribution in [0.3, 0.4) is 0 Å². The van der Waals surface area contributed by atoms with Gasteiger partial charge < -0.3 is 30.6 Å². The average Bonchev–Trinajstić information content (AvgIpc) is 3.35. The molecule has 2 aromatic heterocycles. The van der Waals surface area contributed by atoms with Crippen LogP contribution in [0.4, 0.5) is 0 Å². The van der Waals surface area contributed by atoms with Gasteiger partial charge in [0.25, 0.3) is 11.8 Å². The van der Waals surface area contributed by atoms with Crippen molar-refractivity contribution in [2.75, 3.05) is 32.8 Å². The van der Waals surface area contributed by atoms with Gasteiger partial charge in [-0.25, -0.2) is 9.78 Å². The molecule has 13 heteroatoms. The molecule has 4 rings (SSSR count). The van der Waals surface area contributed by atoms with Crippen LogP contribution in [0.2, 0.25) is 0 Å². The fourth-order valence-corrected chi connectivity index (χ4v) is 5.32. The molecule has 0 unspecified atom stereocenters. The summed E-state index contributed by atoms with van der Waals surface area (Å²) in [6, 6.07) is 7.63. The number of pyridine rings is 1. The first-order valence-electron chi connectivity index (χ1n) is 15.7. The van der Waals surface area contributed by atoms with Crippen LogP contribution < -0.4 is 26.4 Å². The third kappa shape index (κ3) is 8.49. The van der Waals surface area contributed by atoms with E-state index in [4.69, 9.17) is 4.74 Å². The highest BCUT2D eigenvalue weighted by molar-refractivity contribution is 5.98. The Labute approximate surface area is 262 Å². The van der Waals surface area contributed by atoms with E-state index in [0.717, 1.165) is 0 Å². The predicted molar refractivity (Wildman–Crippen MR) is 169 cm³/mol. The van der Waals surface area contributed by atoms with E-state index < -0.39 is 6.04 Å². The molecule has 13 nitrogen and oxygen atoms in total. The Morgan fingerprint density at radius 3 is 2.56 bits per heavy atom. The number of benzene rings is 1. The minimum Gasteiger partial charge on any atom is -0.477 e. The summed E-state index contributed by atoms with van der Waals surface area (Å²) < 4.78 is 7.13. The Morgan fingerprint density at radius 2 is 1.78 bits per heavy atom. The molecule has 0 fully saturated rings. The number of rotatable bonds is 5. The molecule has 4 N–H and O–H groups in total. The Kier molecular flexibility index (Phi) is 11.7. The number of aryl methyl sites for hydroxylation is 1. The summed E-state index contributed by atoms with van der Waals surface area (Å²) in [6.07, 6.45) is 3.67. The van der Waals surface area contributed by atoms with E-state index in [0.29, 0.717) is 80.6 Å². The van der Waals surface area contributed by atoms with E-state index in [1.165, 1.54) is 0 Å². The number of nitrogens with one attached hydrogen (secondary N) is 4. The van der Waals surface area contributed by atoms with Crippen LogP contribution in [0, 0.1) is 5.92 Å². The molecule has 4 amide bonds. The molecule has 0 spiro atoms. The zero-order valence-corrected chi connectivity index (χ0v) is 26.2. The van der Waals surface area contributed by atoms with Crippen molar-refractivity contribution >= 4 is 34.7 Å². The second kappa shape index (κ2) is 15.9. The van der Waals surface area contributed by atoms with E-state index in [2.05, 4.69) is 25.9 Å². The maximum absolute atomic E-state index is 13.6. The van der Waals surface area contributed by atoms with Gasteiger partial charge in [0.2, 0.25) is 17.7 Å². The van der Waals surface area contributed by atoms with Gasteiger partial charge in [0.05, 0.1) is 17.6 Å². The lowest BCUT2D eigenvalue weighted by Gasteiger charge is -2.25. The summed E-state index contributed by atoms with van der Waals surface area (Å²) in [4.78, 5) is 74.1. The molecule has 1 aromatic carbocycles. The fraction of sp³-hybridized carbons (Fsp3) is 0.500. The lowest BCUT2D eigenvalue weighted by atomic mass is 9.98. The molecular weight excluding hydrogens is 578 g/mol. The van der Waals surface area contributed by atoms with Gasteiger partial charge in [0.1, 0.15) is 11.6 Å². The first-order valence-corrected chi connectivity index (χ1v) is 15.7. The van der Waals surface area contributed by atoms with E-state index in [1.807, 2.05) is 20.8 Å². The van der Waals surface area contributed by atoms with Gasteiger partial charge in [-0.2, -0.15) is 0 Å². The van der Waals surface area contributed by atoms with Gasteiger partial charge >= 0.3 is 5.69 Å². The molecule has 45 heavy (non-hydrogen) atoms. The summed E-state index contributed by atoms with van der Waals surface area (Å²) in [6.45, 7) is 7.56. The van der Waals surface area contributed by atoms with Gasteiger partial charge in [-0.1, -0.05) is 20.3 Å². The SMILES string of the molecule is CCOc1ncccc1C(=O)N1CCCNC(=O)c2ccc3[nH]c(=O)n(c3c2)CCCNC(=O)[C@H]([C@@H](C)CC)NC(=O)CCC1. The zero-order chi connectivity index (χ0) is 32.3. The Balaban J connectivity index is 1.58. The Bertz CT molecular complexity index is 1560. The van der Waals surface area contributed by atoms with Crippen LogP contribution >= 0.6 is 0 Å². The lowest BCUT2D eigenvalue weighted by Crippen LogP contribution is -2.50. The summed E-state index contributed by atoms with van der Waals surface area (Å²) in [5, 5.41) is 8.69. The van der Waals surface area contributed by atoms with Crippen molar-refractivity contribution in [1.82, 2.24) is 35.4 Å². The number of carbonyl (C=O) groups excluding carboxylic acids is 4. The fourth-order valence-electron chi connectivity index (χ4n) is 5.32. The number of imidazole rings is 1. The number of nitrogens with zero attached hydrogens (tertiary/aromatic N) is 3. The maximum Gasteiger partial charge on any atom is 0.326 e. The Morgan fingerprint density at radius 1 is 1.02 bits per heavy atom. The van der Waals surface area contributed by atoms with E-state index >= 15 is 0 Å².